The summed E-state index contributed by atoms with van der Waals surface area (Å²) in [6.07, 6.45) is 1.45. The van der Waals surface area contributed by atoms with Gasteiger partial charge in [-0.3, -0.25) is 9.36 Å². The fraction of sp³-hybridized carbons (Fsp3) is 0.143. The second-order valence-electron chi connectivity index (χ2n) is 4.44. The van der Waals surface area contributed by atoms with Gasteiger partial charge in [0.2, 0.25) is 0 Å². The molecule has 0 unspecified atom stereocenters. The maximum atomic E-state index is 12.5. The van der Waals surface area contributed by atoms with Crippen molar-refractivity contribution in [2.75, 3.05) is 0 Å². The van der Waals surface area contributed by atoms with Crippen molar-refractivity contribution >= 4 is 34.1 Å². The monoisotopic (exact) mass is 308 g/mol. The van der Waals surface area contributed by atoms with Crippen molar-refractivity contribution in [3.63, 3.8) is 0 Å². The molecule has 4 nitrogen and oxygen atoms in total. The summed E-state index contributed by atoms with van der Waals surface area (Å²) in [6.45, 7) is 2.15. The van der Waals surface area contributed by atoms with Gasteiger partial charge in [0.25, 0.3) is 5.56 Å². The highest BCUT2D eigenvalue weighted by Crippen LogP contribution is 2.25. The van der Waals surface area contributed by atoms with Crippen LogP contribution in [0.3, 0.4) is 0 Å². The maximum Gasteiger partial charge on any atom is 0.263 e. The Morgan fingerprint density at radius 1 is 1.20 bits per heavy atom. The molecule has 0 amide bonds. The molecular weight excluding hydrogens is 299 g/mol. The van der Waals surface area contributed by atoms with E-state index in [-0.39, 0.29) is 5.56 Å². The lowest BCUT2D eigenvalue weighted by Crippen LogP contribution is -2.21. The van der Waals surface area contributed by atoms with Crippen LogP contribution in [0, 0.1) is 6.92 Å². The lowest BCUT2D eigenvalue weighted by molar-refractivity contribution is 0.466. The van der Waals surface area contributed by atoms with E-state index < -0.39 is 0 Å². The lowest BCUT2D eigenvalue weighted by atomic mass is 10.2. The first-order valence-electron chi connectivity index (χ1n) is 5.95. The highest BCUT2D eigenvalue weighted by Gasteiger charge is 2.12. The molecule has 0 fully saturated rings. The molecule has 0 aliphatic rings. The van der Waals surface area contributed by atoms with Crippen molar-refractivity contribution in [2.24, 2.45) is 0 Å². The molecule has 0 saturated carbocycles. The average Bonchev–Trinajstić information content (AvgIpc) is 2.82. The number of furan rings is 1. The molecule has 102 valence electrons. The number of hydrogen-bond donors (Lipinski definition) is 0. The van der Waals surface area contributed by atoms with E-state index in [2.05, 4.69) is 4.98 Å². The third kappa shape index (κ3) is 2.21. The topological polar surface area (TPSA) is 48.0 Å². The molecule has 1 aromatic carbocycles. The Balaban J connectivity index is 2.16. The molecule has 6 heteroatoms. The van der Waals surface area contributed by atoms with E-state index in [9.17, 15) is 4.79 Å². The molecule has 3 rings (SSSR count). The molecule has 0 saturated heterocycles. The van der Waals surface area contributed by atoms with Gasteiger partial charge in [-0.2, -0.15) is 0 Å². The zero-order valence-electron chi connectivity index (χ0n) is 10.6. The molecule has 0 spiro atoms. The molecule has 2 heterocycles. The first kappa shape index (κ1) is 13.2. The Morgan fingerprint density at radius 3 is 2.65 bits per heavy atom. The van der Waals surface area contributed by atoms with E-state index in [0.29, 0.717) is 33.3 Å². The van der Waals surface area contributed by atoms with Gasteiger partial charge in [-0.05, 0) is 31.2 Å². The predicted octanol–water partition coefficient (Wildman–Crippen LogP) is 3.65. The van der Waals surface area contributed by atoms with Crippen LogP contribution in [0.2, 0.25) is 10.0 Å². The van der Waals surface area contributed by atoms with Gasteiger partial charge >= 0.3 is 0 Å². The third-order valence-electron chi connectivity index (χ3n) is 3.00. The molecule has 0 N–H and O–H groups in total. The summed E-state index contributed by atoms with van der Waals surface area (Å²) in [4.78, 5) is 16.7. The molecule has 0 aliphatic carbocycles. The minimum atomic E-state index is -0.239. The van der Waals surface area contributed by atoms with Crippen LogP contribution >= 0.6 is 23.2 Å². The van der Waals surface area contributed by atoms with Crippen LogP contribution in [-0.4, -0.2) is 9.55 Å². The highest BCUT2D eigenvalue weighted by molar-refractivity contribution is 6.39. The number of nitrogens with zero attached hydrogens (tertiary/aromatic N) is 2. The zero-order valence-corrected chi connectivity index (χ0v) is 12.1. The van der Waals surface area contributed by atoms with Crippen LogP contribution in [0.15, 0.2) is 39.8 Å². The Labute approximate surface area is 124 Å². The van der Waals surface area contributed by atoms with Crippen molar-refractivity contribution in [2.45, 2.75) is 13.5 Å². The first-order valence-corrected chi connectivity index (χ1v) is 6.70. The van der Waals surface area contributed by atoms with E-state index in [1.54, 1.807) is 12.1 Å². The number of hydrogen-bond acceptors (Lipinski definition) is 3. The summed E-state index contributed by atoms with van der Waals surface area (Å²) in [6, 6.07) is 6.89. The van der Waals surface area contributed by atoms with Gasteiger partial charge in [0.15, 0.2) is 0 Å². The van der Waals surface area contributed by atoms with Crippen molar-refractivity contribution in [1.29, 1.82) is 0 Å². The first-order chi connectivity index (χ1) is 9.56. The second kappa shape index (κ2) is 4.96. The van der Waals surface area contributed by atoms with E-state index in [1.807, 2.05) is 19.1 Å². The van der Waals surface area contributed by atoms with Gasteiger partial charge in [0.1, 0.15) is 11.5 Å². The van der Waals surface area contributed by atoms with Gasteiger partial charge in [-0.25, -0.2) is 4.98 Å². The molecule has 0 aliphatic heterocycles. The minimum Gasteiger partial charge on any atom is -0.464 e. The van der Waals surface area contributed by atoms with Crippen molar-refractivity contribution in [1.82, 2.24) is 9.55 Å². The predicted molar refractivity (Wildman–Crippen MR) is 78.6 cm³/mol. The van der Waals surface area contributed by atoms with Gasteiger partial charge in [0.05, 0.1) is 33.8 Å². The number of aromatic nitrogens is 2. The number of benzene rings is 1. The standard InChI is InChI=1S/C14H10Cl2N2O2/c1-8-2-3-9(20-8)6-18-7-17-13-11(16)5-4-10(15)12(13)14(18)19/h2-5,7H,6H2,1H3. The molecule has 0 bridgehead atoms. The largest absolute Gasteiger partial charge is 0.464 e. The van der Waals surface area contributed by atoms with Crippen LogP contribution < -0.4 is 5.56 Å². The van der Waals surface area contributed by atoms with Crippen LogP contribution in [-0.2, 0) is 6.54 Å². The van der Waals surface area contributed by atoms with Gasteiger partial charge in [-0.15, -0.1) is 0 Å². The number of rotatable bonds is 2. The Bertz CT molecular complexity index is 852. The summed E-state index contributed by atoms with van der Waals surface area (Å²) in [5.41, 5.74) is 0.174. The Morgan fingerprint density at radius 2 is 1.95 bits per heavy atom. The molecule has 2 aromatic heterocycles. The molecule has 20 heavy (non-hydrogen) atoms. The summed E-state index contributed by atoms with van der Waals surface area (Å²) < 4.78 is 6.91. The molecule has 0 radical (unpaired) electrons. The zero-order chi connectivity index (χ0) is 14.3. The highest BCUT2D eigenvalue weighted by atomic mass is 35.5. The van der Waals surface area contributed by atoms with E-state index in [0.717, 1.165) is 5.76 Å². The maximum absolute atomic E-state index is 12.5. The Kier molecular flexibility index (Phi) is 3.28. The van der Waals surface area contributed by atoms with E-state index in [1.165, 1.54) is 10.9 Å². The second-order valence-corrected chi connectivity index (χ2v) is 5.26. The SMILES string of the molecule is Cc1ccc(Cn2cnc3c(Cl)ccc(Cl)c3c2=O)o1. The fourth-order valence-corrected chi connectivity index (χ4v) is 2.48. The number of aryl methyl sites for hydroxylation is 1. The van der Waals surface area contributed by atoms with E-state index in [4.69, 9.17) is 27.6 Å². The van der Waals surface area contributed by atoms with E-state index >= 15 is 0 Å². The molecule has 3 aromatic rings. The number of halogens is 2. The summed E-state index contributed by atoms with van der Waals surface area (Å²) >= 11 is 12.1. The van der Waals surface area contributed by atoms with Crippen LogP contribution in [0.1, 0.15) is 11.5 Å². The smallest absolute Gasteiger partial charge is 0.263 e. The quantitative estimate of drug-likeness (QED) is 0.726. The van der Waals surface area contributed by atoms with Crippen LogP contribution in [0.5, 0.6) is 0 Å². The number of fused-ring (bicyclic) bond motifs is 1. The van der Waals surface area contributed by atoms with Gasteiger partial charge in [-0.1, -0.05) is 23.2 Å². The van der Waals surface area contributed by atoms with Gasteiger partial charge < -0.3 is 4.42 Å². The van der Waals surface area contributed by atoms with Crippen LogP contribution in [0.25, 0.3) is 10.9 Å². The molecule has 0 atom stereocenters. The lowest BCUT2D eigenvalue weighted by Gasteiger charge is -2.06. The third-order valence-corrected chi connectivity index (χ3v) is 3.62. The fourth-order valence-electron chi connectivity index (χ4n) is 2.04. The average molecular weight is 309 g/mol. The Hall–Kier alpha value is -1.78. The summed E-state index contributed by atoms with van der Waals surface area (Å²) in [7, 11) is 0. The van der Waals surface area contributed by atoms with Gasteiger partial charge in [0, 0.05) is 0 Å². The van der Waals surface area contributed by atoms with Crippen molar-refractivity contribution < 1.29 is 4.42 Å². The summed E-state index contributed by atoms with van der Waals surface area (Å²) in [5, 5.41) is 1.07. The summed E-state index contributed by atoms with van der Waals surface area (Å²) in [5.74, 6) is 1.48. The molecular formula is C14H10Cl2N2O2. The van der Waals surface area contributed by atoms with Crippen LogP contribution in [0.4, 0.5) is 0 Å². The normalized spacial score (nSPS) is 11.2. The van der Waals surface area contributed by atoms with Crippen molar-refractivity contribution in [3.05, 3.63) is 62.5 Å². The van der Waals surface area contributed by atoms with Crippen molar-refractivity contribution in [3.8, 4) is 0 Å². The minimum absolute atomic E-state index is 0.239.